The van der Waals surface area contributed by atoms with Crippen LogP contribution in [0.5, 0.6) is 0 Å². The van der Waals surface area contributed by atoms with Crippen molar-refractivity contribution in [1.29, 1.82) is 0 Å². The van der Waals surface area contributed by atoms with Crippen molar-refractivity contribution in [3.63, 3.8) is 0 Å². The first-order valence-corrected chi connectivity index (χ1v) is 4.64. The van der Waals surface area contributed by atoms with Crippen molar-refractivity contribution in [2.24, 2.45) is 5.73 Å². The molecule has 0 saturated heterocycles. The summed E-state index contributed by atoms with van der Waals surface area (Å²) in [6.45, 7) is 1.89. The first-order valence-electron chi connectivity index (χ1n) is 3.83. The van der Waals surface area contributed by atoms with Crippen LogP contribution in [0.15, 0.2) is 18.5 Å². The molecule has 0 atom stereocenters. The Morgan fingerprint density at radius 1 is 1.62 bits per heavy atom. The van der Waals surface area contributed by atoms with E-state index in [0.29, 0.717) is 4.88 Å². The Labute approximate surface area is 79.2 Å². The number of thiophene rings is 1. The second-order valence-electron chi connectivity index (χ2n) is 2.79. The first kappa shape index (κ1) is 8.19. The summed E-state index contributed by atoms with van der Waals surface area (Å²) in [4.78, 5) is 15.6. The second-order valence-corrected chi connectivity index (χ2v) is 3.84. The average Bonchev–Trinajstić information content (AvgIpc) is 2.45. The molecule has 2 aromatic rings. The number of fused-ring (bicyclic) bond motifs is 1. The lowest BCUT2D eigenvalue weighted by atomic mass is 10.2. The van der Waals surface area contributed by atoms with Crippen molar-refractivity contribution in [2.45, 2.75) is 6.92 Å². The largest absolute Gasteiger partial charge is 0.365 e. The molecule has 0 bridgehead atoms. The van der Waals surface area contributed by atoms with E-state index < -0.39 is 0 Å². The van der Waals surface area contributed by atoms with Crippen LogP contribution in [0.1, 0.15) is 15.2 Å². The summed E-state index contributed by atoms with van der Waals surface area (Å²) >= 11 is 1.42. The van der Waals surface area contributed by atoms with Gasteiger partial charge in [-0.25, -0.2) is 0 Å². The molecule has 0 radical (unpaired) electrons. The molecule has 2 rings (SSSR count). The van der Waals surface area contributed by atoms with Crippen LogP contribution in [0.4, 0.5) is 0 Å². The second kappa shape index (κ2) is 2.81. The number of carbonyl (C=O) groups excluding carboxylic acids is 1. The highest BCUT2D eigenvalue weighted by molar-refractivity contribution is 7.21. The summed E-state index contributed by atoms with van der Waals surface area (Å²) in [6.07, 6.45) is 3.47. The quantitative estimate of drug-likeness (QED) is 0.747. The Balaban J connectivity index is 2.81. The van der Waals surface area contributed by atoms with E-state index in [0.717, 1.165) is 15.6 Å². The van der Waals surface area contributed by atoms with Crippen LogP contribution in [0.2, 0.25) is 0 Å². The predicted molar refractivity (Wildman–Crippen MR) is 52.9 cm³/mol. The molecule has 3 nitrogen and oxygen atoms in total. The zero-order valence-corrected chi connectivity index (χ0v) is 7.89. The lowest BCUT2D eigenvalue weighted by molar-refractivity contribution is 0.100. The van der Waals surface area contributed by atoms with Gasteiger partial charge in [0.1, 0.15) is 0 Å². The molecule has 0 fully saturated rings. The molecule has 2 N–H and O–H groups in total. The number of nitrogens with zero attached hydrogens (tertiary/aromatic N) is 1. The fourth-order valence-electron chi connectivity index (χ4n) is 1.30. The molecule has 13 heavy (non-hydrogen) atoms. The van der Waals surface area contributed by atoms with Gasteiger partial charge in [0.2, 0.25) is 0 Å². The lowest BCUT2D eigenvalue weighted by Gasteiger charge is -1.90. The third-order valence-corrected chi connectivity index (χ3v) is 3.25. The number of rotatable bonds is 1. The Bertz CT molecular complexity index is 475. The number of aryl methyl sites for hydroxylation is 1. The van der Waals surface area contributed by atoms with Crippen LogP contribution in [0, 0.1) is 6.92 Å². The van der Waals surface area contributed by atoms with Crippen LogP contribution in [0.3, 0.4) is 0 Å². The maximum Gasteiger partial charge on any atom is 0.259 e. The highest BCUT2D eigenvalue weighted by Gasteiger charge is 2.11. The summed E-state index contributed by atoms with van der Waals surface area (Å²) in [5.74, 6) is -0.362. The first-order chi connectivity index (χ1) is 6.20. The molecular formula is C9H8N2OS. The minimum absolute atomic E-state index is 0.362. The van der Waals surface area contributed by atoms with Gasteiger partial charge in [0.05, 0.1) is 4.88 Å². The van der Waals surface area contributed by atoms with Crippen LogP contribution < -0.4 is 5.73 Å². The van der Waals surface area contributed by atoms with Gasteiger partial charge in [0.15, 0.2) is 0 Å². The number of primary amides is 1. The van der Waals surface area contributed by atoms with E-state index in [1.54, 1.807) is 12.4 Å². The number of nitrogens with two attached hydrogens (primary N) is 1. The maximum atomic E-state index is 11.0. The smallest absolute Gasteiger partial charge is 0.259 e. The van der Waals surface area contributed by atoms with E-state index in [9.17, 15) is 4.79 Å². The molecule has 0 saturated carbocycles. The van der Waals surface area contributed by atoms with Gasteiger partial charge in [-0.3, -0.25) is 9.78 Å². The van der Waals surface area contributed by atoms with Crippen LogP contribution >= 0.6 is 11.3 Å². The highest BCUT2D eigenvalue weighted by atomic mass is 32.1. The van der Waals surface area contributed by atoms with Crippen molar-refractivity contribution in [2.75, 3.05) is 0 Å². The third kappa shape index (κ3) is 1.19. The fourth-order valence-corrected chi connectivity index (χ4v) is 2.32. The Morgan fingerprint density at radius 3 is 3.00 bits per heavy atom. The molecular weight excluding hydrogens is 184 g/mol. The summed E-state index contributed by atoms with van der Waals surface area (Å²) < 4.78 is 1.06. The van der Waals surface area contributed by atoms with Crippen molar-refractivity contribution in [1.82, 2.24) is 4.98 Å². The van der Waals surface area contributed by atoms with Gasteiger partial charge >= 0.3 is 0 Å². The summed E-state index contributed by atoms with van der Waals surface area (Å²) in [5.41, 5.74) is 6.16. The Hall–Kier alpha value is -1.42. The van der Waals surface area contributed by atoms with E-state index >= 15 is 0 Å². The molecule has 0 spiro atoms. The minimum Gasteiger partial charge on any atom is -0.365 e. The van der Waals surface area contributed by atoms with Crippen LogP contribution in [-0.2, 0) is 0 Å². The van der Waals surface area contributed by atoms with E-state index in [1.807, 2.05) is 13.0 Å². The number of hydrogen-bond acceptors (Lipinski definition) is 3. The maximum absolute atomic E-state index is 11.0. The standard InChI is InChI=1S/C9H8N2OS/c1-5-6-4-11-3-2-7(6)13-8(5)9(10)12/h2-4H,1H3,(H2,10,12). The zero-order valence-electron chi connectivity index (χ0n) is 7.07. The van der Waals surface area contributed by atoms with Gasteiger partial charge < -0.3 is 5.73 Å². The molecule has 2 aromatic heterocycles. The monoisotopic (exact) mass is 192 g/mol. The van der Waals surface area contributed by atoms with Gasteiger partial charge in [-0.1, -0.05) is 0 Å². The van der Waals surface area contributed by atoms with Gasteiger partial charge in [0, 0.05) is 22.5 Å². The number of carbonyl (C=O) groups is 1. The van der Waals surface area contributed by atoms with Gasteiger partial charge in [-0.05, 0) is 18.6 Å². The molecule has 0 aliphatic carbocycles. The summed E-state index contributed by atoms with van der Waals surface area (Å²) in [6, 6.07) is 1.89. The van der Waals surface area contributed by atoms with Crippen molar-refractivity contribution in [3.8, 4) is 0 Å². The molecule has 1 amide bonds. The highest BCUT2D eigenvalue weighted by Crippen LogP contribution is 2.29. The number of aromatic nitrogens is 1. The summed E-state index contributed by atoms with van der Waals surface area (Å²) in [7, 11) is 0. The minimum atomic E-state index is -0.362. The zero-order chi connectivity index (χ0) is 9.42. The third-order valence-electron chi connectivity index (χ3n) is 1.96. The molecule has 66 valence electrons. The van der Waals surface area contributed by atoms with Gasteiger partial charge in [-0.15, -0.1) is 11.3 Å². The van der Waals surface area contributed by atoms with Crippen LogP contribution in [-0.4, -0.2) is 10.9 Å². The Kier molecular flexibility index (Phi) is 1.77. The van der Waals surface area contributed by atoms with E-state index in [1.165, 1.54) is 11.3 Å². The number of hydrogen-bond donors (Lipinski definition) is 1. The van der Waals surface area contributed by atoms with E-state index in [4.69, 9.17) is 5.73 Å². The Morgan fingerprint density at radius 2 is 2.38 bits per heavy atom. The van der Waals surface area contributed by atoms with Crippen LogP contribution in [0.25, 0.3) is 10.1 Å². The number of pyridine rings is 1. The molecule has 0 unspecified atom stereocenters. The van der Waals surface area contributed by atoms with E-state index in [-0.39, 0.29) is 5.91 Å². The summed E-state index contributed by atoms with van der Waals surface area (Å²) in [5, 5.41) is 1.02. The predicted octanol–water partition coefficient (Wildman–Crippen LogP) is 1.70. The fraction of sp³-hybridized carbons (Fsp3) is 0.111. The van der Waals surface area contributed by atoms with E-state index in [2.05, 4.69) is 4.98 Å². The molecule has 4 heteroatoms. The van der Waals surface area contributed by atoms with Crippen molar-refractivity contribution in [3.05, 3.63) is 28.9 Å². The van der Waals surface area contributed by atoms with Gasteiger partial charge in [0.25, 0.3) is 5.91 Å². The lowest BCUT2D eigenvalue weighted by Crippen LogP contribution is -2.09. The topological polar surface area (TPSA) is 56.0 Å². The molecule has 0 aliphatic heterocycles. The number of amides is 1. The van der Waals surface area contributed by atoms with Crippen molar-refractivity contribution >= 4 is 27.3 Å². The molecule has 0 aromatic carbocycles. The average molecular weight is 192 g/mol. The normalized spacial score (nSPS) is 10.5. The SMILES string of the molecule is Cc1c(C(N)=O)sc2ccncc12. The van der Waals surface area contributed by atoms with Gasteiger partial charge in [-0.2, -0.15) is 0 Å². The molecule has 0 aliphatic rings. The van der Waals surface area contributed by atoms with Crippen molar-refractivity contribution < 1.29 is 4.79 Å². The molecule has 2 heterocycles.